The molecule has 27 heavy (non-hydrogen) atoms. The molecule has 0 saturated heterocycles. The molecule has 3 rings (SSSR count). The summed E-state index contributed by atoms with van der Waals surface area (Å²) in [5.74, 6) is 0.778. The third-order valence-electron chi connectivity index (χ3n) is 4.67. The second kappa shape index (κ2) is 8.37. The number of aryl methyl sites for hydroxylation is 1. The summed E-state index contributed by atoms with van der Waals surface area (Å²) in [4.78, 5) is 0. The first-order valence-electron chi connectivity index (χ1n) is 9.16. The summed E-state index contributed by atoms with van der Waals surface area (Å²) in [6.07, 6.45) is -0.179. The van der Waals surface area contributed by atoms with E-state index >= 15 is 0 Å². The summed E-state index contributed by atoms with van der Waals surface area (Å²) in [6, 6.07) is 17.7. The zero-order chi connectivity index (χ0) is 19.4. The van der Waals surface area contributed by atoms with Crippen molar-refractivity contribution in [1.29, 1.82) is 0 Å². The largest absolute Gasteiger partial charge is 0.497 e. The van der Waals surface area contributed by atoms with Crippen molar-refractivity contribution in [3.8, 4) is 22.7 Å². The Morgan fingerprint density at radius 1 is 1.04 bits per heavy atom. The van der Waals surface area contributed by atoms with Crippen LogP contribution in [0.15, 0.2) is 54.6 Å². The Morgan fingerprint density at radius 2 is 1.74 bits per heavy atom. The summed E-state index contributed by atoms with van der Waals surface area (Å²) in [5, 5.41) is 24.7. The van der Waals surface area contributed by atoms with Crippen LogP contribution in [0.1, 0.15) is 37.1 Å². The number of methoxy groups -OCH3 is 1. The molecule has 0 spiro atoms. The molecule has 2 atom stereocenters. The number of hydrogen-bond acceptors (Lipinski definition) is 4. The number of aromatic nitrogens is 2. The van der Waals surface area contributed by atoms with Gasteiger partial charge in [0.25, 0.3) is 0 Å². The van der Waals surface area contributed by atoms with Crippen molar-refractivity contribution >= 4 is 0 Å². The van der Waals surface area contributed by atoms with Crippen LogP contribution in [-0.4, -0.2) is 33.2 Å². The predicted octanol–water partition coefficient (Wildman–Crippen LogP) is 4.05. The molecule has 142 valence electrons. The van der Waals surface area contributed by atoms with Crippen LogP contribution in [0.5, 0.6) is 5.75 Å². The quantitative estimate of drug-likeness (QED) is 0.662. The van der Waals surface area contributed by atoms with Crippen LogP contribution in [0.3, 0.4) is 0 Å². The number of aliphatic hydroxyl groups excluding tert-OH is 2. The molecule has 0 bridgehead atoms. The molecule has 2 unspecified atom stereocenters. The molecule has 1 aromatic heterocycles. The molecule has 0 saturated carbocycles. The molecule has 0 aliphatic heterocycles. The van der Waals surface area contributed by atoms with E-state index in [0.29, 0.717) is 18.5 Å². The Hall–Kier alpha value is -2.63. The smallest absolute Gasteiger partial charge is 0.119 e. The molecule has 1 heterocycles. The van der Waals surface area contributed by atoms with Crippen molar-refractivity contribution in [3.05, 3.63) is 65.9 Å². The van der Waals surface area contributed by atoms with E-state index in [1.807, 2.05) is 47.1 Å². The Balaban J connectivity index is 2.05. The lowest BCUT2D eigenvalue weighted by Gasteiger charge is -2.10. The summed E-state index contributed by atoms with van der Waals surface area (Å²) in [6.45, 7) is 3.78. The molecule has 0 fully saturated rings. The predicted molar refractivity (Wildman–Crippen MR) is 106 cm³/mol. The molecule has 0 amide bonds. The van der Waals surface area contributed by atoms with Gasteiger partial charge in [0.2, 0.25) is 0 Å². The maximum atomic E-state index is 10.5. The molecule has 2 N–H and O–H groups in total. The lowest BCUT2D eigenvalue weighted by atomic mass is 10.0. The highest BCUT2D eigenvalue weighted by Gasteiger charge is 2.18. The highest BCUT2D eigenvalue weighted by molar-refractivity contribution is 5.66. The molecule has 5 nitrogen and oxygen atoms in total. The Morgan fingerprint density at radius 3 is 2.37 bits per heavy atom. The topological polar surface area (TPSA) is 67.5 Å². The molecule has 0 aliphatic carbocycles. The number of nitrogens with zero attached hydrogens (tertiary/aromatic N) is 2. The minimum Gasteiger partial charge on any atom is -0.497 e. The van der Waals surface area contributed by atoms with Crippen LogP contribution in [0.25, 0.3) is 16.9 Å². The summed E-state index contributed by atoms with van der Waals surface area (Å²) >= 11 is 0. The average molecular weight is 366 g/mol. The molecule has 5 heteroatoms. The minimum atomic E-state index is -0.720. The van der Waals surface area contributed by atoms with E-state index in [0.717, 1.165) is 28.3 Å². The number of benzene rings is 2. The summed E-state index contributed by atoms with van der Waals surface area (Å²) < 4.78 is 7.09. The Labute approximate surface area is 159 Å². The van der Waals surface area contributed by atoms with E-state index in [1.165, 1.54) is 0 Å². The first-order chi connectivity index (χ1) is 13.0. The second-order valence-electron chi connectivity index (χ2n) is 6.82. The van der Waals surface area contributed by atoms with Crippen molar-refractivity contribution in [2.75, 3.05) is 7.11 Å². The van der Waals surface area contributed by atoms with E-state index in [1.54, 1.807) is 14.0 Å². The molecule has 2 aromatic carbocycles. The zero-order valence-corrected chi connectivity index (χ0v) is 16.0. The lowest BCUT2D eigenvalue weighted by Crippen LogP contribution is -2.06. The van der Waals surface area contributed by atoms with E-state index in [4.69, 9.17) is 4.74 Å². The molecular formula is C22H26N2O3. The van der Waals surface area contributed by atoms with Gasteiger partial charge in [0.05, 0.1) is 36.4 Å². The highest BCUT2D eigenvalue weighted by Crippen LogP contribution is 2.30. The number of aliphatic hydroxyl groups is 2. The van der Waals surface area contributed by atoms with E-state index < -0.39 is 12.2 Å². The third-order valence-corrected chi connectivity index (χ3v) is 4.67. The van der Waals surface area contributed by atoms with Gasteiger partial charge in [-0.15, -0.1) is 0 Å². The van der Waals surface area contributed by atoms with Gasteiger partial charge < -0.3 is 14.9 Å². The number of rotatable bonds is 7. The van der Waals surface area contributed by atoms with Crippen molar-refractivity contribution in [3.63, 3.8) is 0 Å². The van der Waals surface area contributed by atoms with E-state index in [2.05, 4.69) is 24.2 Å². The van der Waals surface area contributed by atoms with Gasteiger partial charge in [-0.05, 0) is 62.6 Å². The van der Waals surface area contributed by atoms with Gasteiger partial charge in [-0.1, -0.05) is 24.3 Å². The minimum absolute atomic E-state index is 0.445. The van der Waals surface area contributed by atoms with Crippen LogP contribution in [0, 0.1) is 6.92 Å². The standard InChI is InChI=1S/C22H26N2O3/c1-15-6-4-5-7-19(15)21-14-20(22(26)13-8-16(2)25)23-24(21)17-9-11-18(27-3)12-10-17/h4-7,9-12,14,16,22,25-26H,8,13H2,1-3H3. The summed E-state index contributed by atoms with van der Waals surface area (Å²) in [5.41, 5.74) is 4.61. The zero-order valence-electron chi connectivity index (χ0n) is 16.0. The van der Waals surface area contributed by atoms with Crippen LogP contribution < -0.4 is 4.74 Å². The van der Waals surface area contributed by atoms with Crippen LogP contribution in [-0.2, 0) is 0 Å². The van der Waals surface area contributed by atoms with Gasteiger partial charge in [-0.3, -0.25) is 0 Å². The fraction of sp³-hybridized carbons (Fsp3) is 0.318. The van der Waals surface area contributed by atoms with E-state index in [-0.39, 0.29) is 0 Å². The fourth-order valence-electron chi connectivity index (χ4n) is 3.08. The van der Waals surface area contributed by atoms with Crippen molar-refractivity contribution < 1.29 is 14.9 Å². The molecule has 0 aliphatic rings. The monoisotopic (exact) mass is 366 g/mol. The van der Waals surface area contributed by atoms with Crippen molar-refractivity contribution in [2.45, 2.75) is 38.9 Å². The number of hydrogen-bond donors (Lipinski definition) is 2. The first-order valence-corrected chi connectivity index (χ1v) is 9.16. The maximum absolute atomic E-state index is 10.5. The van der Waals surface area contributed by atoms with Gasteiger partial charge in [0, 0.05) is 5.56 Å². The SMILES string of the molecule is COc1ccc(-n2nc(C(O)CCC(C)O)cc2-c2ccccc2C)cc1. The van der Waals surface area contributed by atoms with Gasteiger partial charge >= 0.3 is 0 Å². The van der Waals surface area contributed by atoms with E-state index in [9.17, 15) is 10.2 Å². The van der Waals surface area contributed by atoms with Crippen LogP contribution in [0.2, 0.25) is 0 Å². The number of ether oxygens (including phenoxy) is 1. The van der Waals surface area contributed by atoms with Crippen LogP contribution >= 0.6 is 0 Å². The second-order valence-corrected chi connectivity index (χ2v) is 6.82. The normalized spacial score (nSPS) is 13.4. The maximum Gasteiger partial charge on any atom is 0.119 e. The Bertz CT molecular complexity index is 885. The Kier molecular flexibility index (Phi) is 5.94. The average Bonchev–Trinajstić information content (AvgIpc) is 3.11. The van der Waals surface area contributed by atoms with Crippen molar-refractivity contribution in [2.24, 2.45) is 0 Å². The highest BCUT2D eigenvalue weighted by atomic mass is 16.5. The van der Waals surface area contributed by atoms with Gasteiger partial charge in [0.15, 0.2) is 0 Å². The van der Waals surface area contributed by atoms with Gasteiger partial charge in [-0.2, -0.15) is 5.10 Å². The van der Waals surface area contributed by atoms with Crippen molar-refractivity contribution in [1.82, 2.24) is 9.78 Å². The molecule has 0 radical (unpaired) electrons. The third kappa shape index (κ3) is 4.38. The van der Waals surface area contributed by atoms with Crippen LogP contribution in [0.4, 0.5) is 0 Å². The van der Waals surface area contributed by atoms with Gasteiger partial charge in [-0.25, -0.2) is 4.68 Å². The summed E-state index contributed by atoms with van der Waals surface area (Å²) in [7, 11) is 1.64. The molecular weight excluding hydrogens is 340 g/mol. The molecule has 3 aromatic rings. The van der Waals surface area contributed by atoms with Gasteiger partial charge in [0.1, 0.15) is 5.75 Å². The fourth-order valence-corrected chi connectivity index (χ4v) is 3.08. The first kappa shape index (κ1) is 19.1. The lowest BCUT2D eigenvalue weighted by molar-refractivity contribution is 0.120.